The first-order valence-electron chi connectivity index (χ1n) is 8.61. The van der Waals surface area contributed by atoms with Crippen molar-refractivity contribution in [2.24, 2.45) is 0 Å². The molecule has 1 aliphatic rings. The average molecular weight is 370 g/mol. The number of anilines is 1. The van der Waals surface area contributed by atoms with E-state index in [0.717, 1.165) is 16.8 Å². The Morgan fingerprint density at radius 1 is 0.962 bits per heavy atom. The minimum absolute atomic E-state index is 0.0655. The number of carbonyl (C=O) groups is 2. The van der Waals surface area contributed by atoms with E-state index >= 15 is 0 Å². The summed E-state index contributed by atoms with van der Waals surface area (Å²) in [5, 5.41) is 2.96. The molecule has 6 heteroatoms. The number of nitrogens with zero attached hydrogens (tertiary/aromatic N) is 1. The summed E-state index contributed by atoms with van der Waals surface area (Å²) in [6, 6.07) is 17.7. The Morgan fingerprint density at radius 3 is 2.42 bits per heavy atom. The number of rotatable bonds is 6. The van der Waals surface area contributed by atoms with E-state index in [0.29, 0.717) is 32.1 Å². The molecule has 1 fully saturated rings. The van der Waals surface area contributed by atoms with Crippen molar-refractivity contribution < 1.29 is 14.3 Å². The highest BCUT2D eigenvalue weighted by atomic mass is 32.2. The summed E-state index contributed by atoms with van der Waals surface area (Å²) < 4.78 is 5.24. The molecule has 3 rings (SSSR count). The number of benzene rings is 2. The Morgan fingerprint density at radius 2 is 1.65 bits per heavy atom. The van der Waals surface area contributed by atoms with Crippen molar-refractivity contribution in [3.63, 3.8) is 0 Å². The van der Waals surface area contributed by atoms with Crippen LogP contribution in [0.5, 0.6) is 0 Å². The fourth-order valence-electron chi connectivity index (χ4n) is 2.78. The highest BCUT2D eigenvalue weighted by Gasteiger charge is 2.17. The molecule has 2 aromatic carbocycles. The number of thioether (sulfide) groups is 1. The van der Waals surface area contributed by atoms with Crippen molar-refractivity contribution in [2.45, 2.75) is 0 Å². The second-order valence-electron chi connectivity index (χ2n) is 5.95. The van der Waals surface area contributed by atoms with Gasteiger partial charge in [0.25, 0.3) is 0 Å². The van der Waals surface area contributed by atoms with Gasteiger partial charge in [0.1, 0.15) is 0 Å². The van der Waals surface area contributed by atoms with Crippen LogP contribution in [-0.2, 0) is 14.3 Å². The van der Waals surface area contributed by atoms with Crippen molar-refractivity contribution in [2.75, 3.05) is 43.1 Å². The molecule has 1 aliphatic heterocycles. The van der Waals surface area contributed by atoms with Gasteiger partial charge in [0, 0.05) is 24.3 Å². The van der Waals surface area contributed by atoms with Crippen molar-refractivity contribution >= 4 is 29.3 Å². The molecule has 2 aromatic rings. The molecular weight excluding hydrogens is 348 g/mol. The van der Waals surface area contributed by atoms with Crippen LogP contribution >= 0.6 is 11.8 Å². The van der Waals surface area contributed by atoms with Crippen LogP contribution in [0.3, 0.4) is 0 Å². The van der Waals surface area contributed by atoms with Gasteiger partial charge in [-0.3, -0.25) is 9.59 Å². The molecule has 0 spiro atoms. The fraction of sp³-hybridized carbons (Fsp3) is 0.300. The molecule has 1 heterocycles. The fourth-order valence-corrected chi connectivity index (χ4v) is 3.50. The standard InChI is InChI=1S/C20H22N2O3S/c23-19(14-26-15-20(24)22-10-12-25-13-11-22)21-18-9-5-4-8-17(18)16-6-2-1-3-7-16/h1-9H,10-15H2,(H,21,23). The number of amides is 2. The largest absolute Gasteiger partial charge is 0.378 e. The number of morpholine rings is 1. The molecule has 0 aromatic heterocycles. The summed E-state index contributed by atoms with van der Waals surface area (Å²) in [6.45, 7) is 2.45. The lowest BCUT2D eigenvalue weighted by Crippen LogP contribution is -2.41. The molecule has 0 atom stereocenters. The second-order valence-corrected chi connectivity index (χ2v) is 6.93. The molecule has 5 nitrogen and oxygen atoms in total. The maximum Gasteiger partial charge on any atom is 0.234 e. The summed E-state index contributed by atoms with van der Waals surface area (Å²) >= 11 is 1.34. The molecular formula is C20H22N2O3S. The van der Waals surface area contributed by atoms with Crippen molar-refractivity contribution in [3.05, 3.63) is 54.6 Å². The number of ether oxygens (including phenoxy) is 1. The predicted octanol–water partition coefficient (Wildman–Crippen LogP) is 2.88. The third kappa shape index (κ3) is 5.09. The Balaban J connectivity index is 1.52. The van der Waals surface area contributed by atoms with Gasteiger partial charge in [-0.05, 0) is 11.6 Å². The number of hydrogen-bond acceptors (Lipinski definition) is 4. The number of hydrogen-bond donors (Lipinski definition) is 1. The zero-order valence-corrected chi connectivity index (χ0v) is 15.3. The molecule has 2 amide bonds. The topological polar surface area (TPSA) is 58.6 Å². The van der Waals surface area contributed by atoms with E-state index in [9.17, 15) is 9.59 Å². The summed E-state index contributed by atoms with van der Waals surface area (Å²) in [4.78, 5) is 26.2. The lowest BCUT2D eigenvalue weighted by atomic mass is 10.0. The van der Waals surface area contributed by atoms with Gasteiger partial charge in [0.15, 0.2) is 0 Å². The molecule has 136 valence electrons. The molecule has 0 saturated carbocycles. The minimum Gasteiger partial charge on any atom is -0.378 e. The van der Waals surface area contributed by atoms with Gasteiger partial charge in [-0.25, -0.2) is 0 Å². The van der Waals surface area contributed by atoms with Gasteiger partial charge in [-0.2, -0.15) is 0 Å². The van der Waals surface area contributed by atoms with E-state index in [1.807, 2.05) is 54.6 Å². The van der Waals surface area contributed by atoms with Gasteiger partial charge in [-0.15, -0.1) is 11.8 Å². The van der Waals surface area contributed by atoms with Crippen LogP contribution in [0.1, 0.15) is 0 Å². The Kier molecular flexibility index (Phi) is 6.68. The Bertz CT molecular complexity index is 746. The zero-order chi connectivity index (χ0) is 18.2. The smallest absolute Gasteiger partial charge is 0.234 e. The molecule has 0 radical (unpaired) electrons. The summed E-state index contributed by atoms with van der Waals surface area (Å²) in [5.41, 5.74) is 2.82. The van der Waals surface area contributed by atoms with Gasteiger partial charge in [-0.1, -0.05) is 48.5 Å². The number of nitrogens with one attached hydrogen (secondary N) is 1. The van der Waals surface area contributed by atoms with Crippen LogP contribution in [0, 0.1) is 0 Å². The van der Waals surface area contributed by atoms with E-state index in [2.05, 4.69) is 5.32 Å². The average Bonchev–Trinajstić information content (AvgIpc) is 2.69. The molecule has 26 heavy (non-hydrogen) atoms. The van der Waals surface area contributed by atoms with E-state index in [1.165, 1.54) is 11.8 Å². The maximum atomic E-state index is 12.3. The van der Waals surface area contributed by atoms with E-state index in [1.54, 1.807) is 4.90 Å². The summed E-state index contributed by atoms with van der Waals surface area (Å²) in [5.74, 6) is 0.524. The van der Waals surface area contributed by atoms with Crippen LogP contribution in [0.15, 0.2) is 54.6 Å². The SMILES string of the molecule is O=C(CSCC(=O)N1CCOCC1)Nc1ccccc1-c1ccccc1. The van der Waals surface area contributed by atoms with Crippen LogP contribution in [0.4, 0.5) is 5.69 Å². The quantitative estimate of drug-likeness (QED) is 0.849. The lowest BCUT2D eigenvalue weighted by Gasteiger charge is -2.26. The zero-order valence-electron chi connectivity index (χ0n) is 14.5. The van der Waals surface area contributed by atoms with E-state index < -0.39 is 0 Å². The molecule has 1 saturated heterocycles. The van der Waals surface area contributed by atoms with Crippen LogP contribution in [0.2, 0.25) is 0 Å². The second kappa shape index (κ2) is 9.40. The molecule has 1 N–H and O–H groups in total. The highest BCUT2D eigenvalue weighted by molar-refractivity contribution is 8.00. The van der Waals surface area contributed by atoms with Crippen LogP contribution in [0.25, 0.3) is 11.1 Å². The third-order valence-corrected chi connectivity index (χ3v) is 5.03. The summed E-state index contributed by atoms with van der Waals surface area (Å²) in [7, 11) is 0. The van der Waals surface area contributed by atoms with E-state index in [4.69, 9.17) is 4.74 Å². The molecule has 0 aliphatic carbocycles. The monoisotopic (exact) mass is 370 g/mol. The Labute approximate surface area is 157 Å². The number of para-hydroxylation sites is 1. The minimum atomic E-state index is -0.104. The lowest BCUT2D eigenvalue weighted by molar-refractivity contribution is -0.132. The predicted molar refractivity (Wildman–Crippen MR) is 105 cm³/mol. The van der Waals surface area contributed by atoms with Crippen molar-refractivity contribution in [3.8, 4) is 11.1 Å². The van der Waals surface area contributed by atoms with Crippen molar-refractivity contribution in [1.82, 2.24) is 4.90 Å². The first-order chi connectivity index (χ1) is 12.7. The third-order valence-electron chi connectivity index (χ3n) is 4.11. The normalized spacial score (nSPS) is 14.1. The first-order valence-corrected chi connectivity index (χ1v) is 9.77. The molecule has 0 bridgehead atoms. The first kappa shape index (κ1) is 18.5. The van der Waals surface area contributed by atoms with Crippen LogP contribution < -0.4 is 5.32 Å². The van der Waals surface area contributed by atoms with E-state index in [-0.39, 0.29) is 17.6 Å². The van der Waals surface area contributed by atoms with Crippen LogP contribution in [-0.4, -0.2) is 54.5 Å². The van der Waals surface area contributed by atoms with Crippen molar-refractivity contribution in [1.29, 1.82) is 0 Å². The van der Waals surface area contributed by atoms with Gasteiger partial charge in [0.2, 0.25) is 11.8 Å². The molecule has 0 unspecified atom stereocenters. The Hall–Kier alpha value is -2.31. The highest BCUT2D eigenvalue weighted by Crippen LogP contribution is 2.27. The summed E-state index contributed by atoms with van der Waals surface area (Å²) in [6.07, 6.45) is 0. The van der Waals surface area contributed by atoms with Gasteiger partial charge < -0.3 is 15.0 Å². The maximum absolute atomic E-state index is 12.3. The number of carbonyl (C=O) groups excluding carboxylic acids is 2. The van der Waals surface area contributed by atoms with Gasteiger partial charge >= 0.3 is 0 Å². The van der Waals surface area contributed by atoms with Gasteiger partial charge in [0.05, 0.1) is 24.7 Å².